The highest BCUT2D eigenvalue weighted by molar-refractivity contribution is 6.42. The molecule has 5 rings (SSSR count). The van der Waals surface area contributed by atoms with Crippen molar-refractivity contribution in [2.45, 2.75) is 50.5 Å². The Morgan fingerprint density at radius 1 is 1.03 bits per heavy atom. The van der Waals surface area contributed by atoms with Gasteiger partial charge >= 0.3 is 0 Å². The van der Waals surface area contributed by atoms with Crippen molar-refractivity contribution in [1.29, 1.82) is 0 Å². The van der Waals surface area contributed by atoms with Crippen LogP contribution in [0.4, 0.5) is 4.39 Å². The van der Waals surface area contributed by atoms with E-state index in [2.05, 4.69) is 5.32 Å². The maximum Gasteiger partial charge on any atom is 0.292 e. The first-order chi connectivity index (χ1) is 18.3. The molecule has 3 aromatic carbocycles. The molecule has 8 heteroatoms. The van der Waals surface area contributed by atoms with Crippen molar-refractivity contribution in [3.8, 4) is 16.9 Å². The number of hydrogen-bond acceptors (Lipinski definition) is 5. The SMILES string of the molecule is C[C@@H](NC(=O)C(=O)c1ccc(-c2ccc(F)cc2)cc1)[C@](O)(c1ccc(OC2CC2)c(Cl)c1)N1CCCC1. The van der Waals surface area contributed by atoms with Crippen LogP contribution in [-0.4, -0.2) is 46.9 Å². The summed E-state index contributed by atoms with van der Waals surface area (Å²) in [4.78, 5) is 27.9. The zero-order chi connectivity index (χ0) is 26.9. The van der Waals surface area contributed by atoms with E-state index in [0.717, 1.165) is 36.8 Å². The first kappa shape index (κ1) is 26.4. The molecule has 0 aromatic heterocycles. The minimum absolute atomic E-state index is 0.185. The molecule has 6 nitrogen and oxygen atoms in total. The predicted molar refractivity (Wildman–Crippen MR) is 144 cm³/mol. The fraction of sp³-hybridized carbons (Fsp3) is 0.333. The largest absolute Gasteiger partial charge is 0.489 e. The standard InChI is InChI=1S/C30H30ClFN2O4/c1-19(33-29(36)28(35)22-6-4-20(5-7-22)21-8-11-24(32)12-9-21)30(37,34-16-2-3-17-34)23-10-15-27(26(31)18-23)38-25-13-14-25/h4-12,15,18-19,25,37H,2-3,13-14,16-17H2,1H3,(H,33,36)/t19-,30+/m1/s1. The van der Waals surface area contributed by atoms with Gasteiger partial charge in [-0.25, -0.2) is 4.39 Å². The number of rotatable bonds is 9. The van der Waals surface area contributed by atoms with Crippen molar-refractivity contribution in [2.24, 2.45) is 0 Å². The van der Waals surface area contributed by atoms with E-state index in [1.54, 1.807) is 61.5 Å². The summed E-state index contributed by atoms with van der Waals surface area (Å²) >= 11 is 6.50. The van der Waals surface area contributed by atoms with E-state index >= 15 is 0 Å². The van der Waals surface area contributed by atoms with Crippen molar-refractivity contribution in [3.05, 3.63) is 88.7 Å². The lowest BCUT2D eigenvalue weighted by molar-refractivity contribution is -0.139. The minimum Gasteiger partial charge on any atom is -0.489 e. The topological polar surface area (TPSA) is 78.9 Å². The molecule has 1 saturated carbocycles. The molecule has 38 heavy (non-hydrogen) atoms. The molecule has 2 atom stereocenters. The van der Waals surface area contributed by atoms with Gasteiger partial charge in [0.25, 0.3) is 5.91 Å². The quantitative estimate of drug-likeness (QED) is 0.286. The Morgan fingerprint density at radius 2 is 1.63 bits per heavy atom. The second kappa shape index (κ2) is 10.8. The number of halogens is 2. The lowest BCUT2D eigenvalue weighted by Gasteiger charge is -2.42. The van der Waals surface area contributed by atoms with Crippen molar-refractivity contribution in [3.63, 3.8) is 0 Å². The van der Waals surface area contributed by atoms with Crippen LogP contribution >= 0.6 is 11.6 Å². The number of amides is 1. The number of hydrogen-bond donors (Lipinski definition) is 2. The highest BCUT2D eigenvalue weighted by Gasteiger charge is 2.44. The van der Waals surface area contributed by atoms with Crippen LogP contribution < -0.4 is 10.1 Å². The summed E-state index contributed by atoms with van der Waals surface area (Å²) in [6, 6.07) is 17.0. The highest BCUT2D eigenvalue weighted by atomic mass is 35.5. The summed E-state index contributed by atoms with van der Waals surface area (Å²) in [6.45, 7) is 2.98. The van der Waals surface area contributed by atoms with E-state index in [9.17, 15) is 19.1 Å². The van der Waals surface area contributed by atoms with E-state index in [4.69, 9.17) is 16.3 Å². The number of Topliss-reactive ketones (excluding diaryl/α,β-unsaturated/α-hetero) is 1. The molecule has 0 unspecified atom stereocenters. The van der Waals surface area contributed by atoms with Crippen LogP contribution in [0.15, 0.2) is 66.7 Å². The van der Waals surface area contributed by atoms with Crippen LogP contribution in [0.1, 0.15) is 48.5 Å². The third-order valence-corrected chi connectivity index (χ3v) is 7.54. The smallest absolute Gasteiger partial charge is 0.292 e. The molecule has 1 aliphatic carbocycles. The summed E-state index contributed by atoms with van der Waals surface area (Å²) in [7, 11) is 0. The Kier molecular flexibility index (Phi) is 7.52. The molecule has 0 radical (unpaired) electrons. The molecular formula is C30H30ClFN2O4. The number of carbonyl (C=O) groups is 2. The molecule has 1 saturated heterocycles. The molecule has 0 spiro atoms. The number of nitrogens with zero attached hydrogens (tertiary/aromatic N) is 1. The zero-order valence-electron chi connectivity index (χ0n) is 21.1. The normalized spacial score (nSPS) is 18.0. The van der Waals surface area contributed by atoms with Gasteiger partial charge in [0.15, 0.2) is 5.72 Å². The summed E-state index contributed by atoms with van der Waals surface area (Å²) in [6.07, 6.45) is 4.02. The molecule has 2 aliphatic rings. The van der Waals surface area contributed by atoms with E-state index in [1.807, 2.05) is 4.90 Å². The molecule has 0 bridgehead atoms. The van der Waals surface area contributed by atoms with Crippen LogP contribution in [0.25, 0.3) is 11.1 Å². The second-order valence-electron chi connectivity index (χ2n) is 9.99. The molecule has 1 amide bonds. The zero-order valence-corrected chi connectivity index (χ0v) is 21.9. The Bertz CT molecular complexity index is 1320. The highest BCUT2D eigenvalue weighted by Crippen LogP contribution is 2.38. The van der Waals surface area contributed by atoms with Crippen LogP contribution in [0.2, 0.25) is 5.02 Å². The Balaban J connectivity index is 1.33. The van der Waals surface area contributed by atoms with Crippen LogP contribution in [0.5, 0.6) is 5.75 Å². The van der Waals surface area contributed by atoms with E-state index in [0.29, 0.717) is 29.4 Å². The third-order valence-electron chi connectivity index (χ3n) is 7.25. The van der Waals surface area contributed by atoms with Gasteiger partial charge in [0, 0.05) is 24.2 Å². The summed E-state index contributed by atoms with van der Waals surface area (Å²) in [5, 5.41) is 15.1. The summed E-state index contributed by atoms with van der Waals surface area (Å²) < 4.78 is 19.1. The molecule has 198 valence electrons. The molecule has 3 aromatic rings. The Labute approximate surface area is 226 Å². The van der Waals surface area contributed by atoms with Gasteiger partial charge in [-0.05, 0) is 68.0 Å². The van der Waals surface area contributed by atoms with Gasteiger partial charge in [-0.2, -0.15) is 0 Å². The van der Waals surface area contributed by atoms with Crippen LogP contribution in [-0.2, 0) is 10.5 Å². The van der Waals surface area contributed by atoms with Crippen molar-refractivity contribution in [2.75, 3.05) is 13.1 Å². The average molecular weight is 537 g/mol. The number of ether oxygens (including phenoxy) is 1. The van der Waals surface area contributed by atoms with E-state index in [1.165, 1.54) is 12.1 Å². The van der Waals surface area contributed by atoms with E-state index < -0.39 is 23.5 Å². The molecular weight excluding hydrogens is 507 g/mol. The Hall–Kier alpha value is -3.26. The lowest BCUT2D eigenvalue weighted by Crippen LogP contribution is -2.59. The number of ketones is 1. The molecule has 1 aliphatic heterocycles. The number of likely N-dealkylation sites (tertiary alicyclic amines) is 1. The number of benzene rings is 3. The van der Waals surface area contributed by atoms with Crippen molar-refractivity contribution >= 4 is 23.3 Å². The molecule has 1 heterocycles. The molecule has 2 fully saturated rings. The lowest BCUT2D eigenvalue weighted by atomic mass is 9.93. The maximum absolute atomic E-state index is 13.2. The summed E-state index contributed by atoms with van der Waals surface area (Å²) in [5.74, 6) is -1.29. The maximum atomic E-state index is 13.2. The van der Waals surface area contributed by atoms with Gasteiger partial charge in [0.2, 0.25) is 5.78 Å². The van der Waals surface area contributed by atoms with E-state index in [-0.39, 0.29) is 17.5 Å². The minimum atomic E-state index is -1.57. The first-order valence-corrected chi connectivity index (χ1v) is 13.3. The van der Waals surface area contributed by atoms with Gasteiger partial charge in [0.1, 0.15) is 11.6 Å². The van der Waals surface area contributed by atoms with Crippen LogP contribution in [0, 0.1) is 5.82 Å². The molecule has 2 N–H and O–H groups in total. The fourth-order valence-electron chi connectivity index (χ4n) is 4.91. The summed E-state index contributed by atoms with van der Waals surface area (Å²) in [5.41, 5.74) is 0.767. The van der Waals surface area contributed by atoms with Gasteiger partial charge in [-0.3, -0.25) is 14.5 Å². The van der Waals surface area contributed by atoms with Gasteiger partial charge in [-0.1, -0.05) is 54.1 Å². The Morgan fingerprint density at radius 3 is 2.21 bits per heavy atom. The second-order valence-corrected chi connectivity index (χ2v) is 10.4. The van der Waals surface area contributed by atoms with Crippen molar-refractivity contribution in [1.82, 2.24) is 10.2 Å². The van der Waals surface area contributed by atoms with Gasteiger partial charge in [0.05, 0.1) is 17.2 Å². The number of aliphatic hydroxyl groups is 1. The van der Waals surface area contributed by atoms with Gasteiger partial charge in [-0.15, -0.1) is 0 Å². The average Bonchev–Trinajstić information content (AvgIpc) is 3.57. The monoisotopic (exact) mass is 536 g/mol. The van der Waals surface area contributed by atoms with Gasteiger partial charge < -0.3 is 15.2 Å². The fourth-order valence-corrected chi connectivity index (χ4v) is 5.13. The predicted octanol–water partition coefficient (Wildman–Crippen LogP) is 5.32. The van der Waals surface area contributed by atoms with Crippen LogP contribution in [0.3, 0.4) is 0 Å². The number of carbonyl (C=O) groups excluding carboxylic acids is 2. The third kappa shape index (κ3) is 5.46. The van der Waals surface area contributed by atoms with Crippen molar-refractivity contribution < 1.29 is 23.8 Å². The number of nitrogens with one attached hydrogen (secondary N) is 1. The first-order valence-electron chi connectivity index (χ1n) is 12.9.